The zero-order valence-electron chi connectivity index (χ0n) is 15.8. The highest BCUT2D eigenvalue weighted by Gasteiger charge is 2.28. The Bertz CT molecular complexity index is 903. The van der Waals surface area contributed by atoms with Crippen LogP contribution >= 0.6 is 0 Å². The molecule has 1 aliphatic rings. The van der Waals surface area contributed by atoms with E-state index >= 15 is 0 Å². The number of hydrogen-bond acceptors (Lipinski definition) is 4. The minimum Gasteiger partial charge on any atom is -0.451 e. The SMILES string of the molecule is Cc1ccc(C(=O)[C@@H](C)OC(=O)c2ccccc2N2CCCC2=O)cc1C. The minimum absolute atomic E-state index is 0.00509. The van der Waals surface area contributed by atoms with Crippen molar-refractivity contribution in [1.29, 1.82) is 0 Å². The molecule has 0 unspecified atom stereocenters. The van der Waals surface area contributed by atoms with Crippen molar-refractivity contribution in [3.8, 4) is 0 Å². The normalized spacial score (nSPS) is 14.9. The molecule has 27 heavy (non-hydrogen) atoms. The van der Waals surface area contributed by atoms with Crippen molar-refractivity contribution in [2.45, 2.75) is 39.7 Å². The van der Waals surface area contributed by atoms with Crippen molar-refractivity contribution in [1.82, 2.24) is 0 Å². The minimum atomic E-state index is -0.915. The maximum atomic E-state index is 12.7. The molecule has 5 nitrogen and oxygen atoms in total. The fourth-order valence-electron chi connectivity index (χ4n) is 3.19. The second kappa shape index (κ2) is 7.74. The molecule has 1 atom stereocenters. The topological polar surface area (TPSA) is 63.7 Å². The van der Waals surface area contributed by atoms with E-state index in [2.05, 4.69) is 0 Å². The van der Waals surface area contributed by atoms with E-state index in [0.717, 1.165) is 17.5 Å². The fourth-order valence-corrected chi connectivity index (χ4v) is 3.19. The van der Waals surface area contributed by atoms with Gasteiger partial charge in [-0.3, -0.25) is 9.59 Å². The number of Topliss-reactive ketones (excluding diaryl/α,β-unsaturated/α-hetero) is 1. The molecule has 0 aromatic heterocycles. The standard InChI is InChI=1S/C22H23NO4/c1-14-10-11-17(13-15(14)2)21(25)16(3)27-22(26)18-7-4-5-8-19(18)23-12-6-9-20(23)24/h4-5,7-8,10-11,13,16H,6,9,12H2,1-3H3/t16-/m1/s1. The summed E-state index contributed by atoms with van der Waals surface area (Å²) in [7, 11) is 0. The van der Waals surface area contributed by atoms with Gasteiger partial charge in [-0.1, -0.05) is 24.3 Å². The van der Waals surface area contributed by atoms with E-state index in [1.807, 2.05) is 19.9 Å². The van der Waals surface area contributed by atoms with E-state index in [1.165, 1.54) is 0 Å². The van der Waals surface area contributed by atoms with Gasteiger partial charge in [0, 0.05) is 18.5 Å². The summed E-state index contributed by atoms with van der Waals surface area (Å²) in [4.78, 5) is 39.0. The third-order valence-electron chi connectivity index (χ3n) is 4.93. The van der Waals surface area contributed by atoms with E-state index < -0.39 is 12.1 Å². The smallest absolute Gasteiger partial charge is 0.340 e. The van der Waals surface area contributed by atoms with Crippen molar-refractivity contribution in [3.05, 3.63) is 64.7 Å². The molecule has 1 aliphatic heterocycles. The summed E-state index contributed by atoms with van der Waals surface area (Å²) < 4.78 is 5.43. The highest BCUT2D eigenvalue weighted by molar-refractivity contribution is 6.05. The number of anilines is 1. The number of hydrogen-bond donors (Lipinski definition) is 0. The Morgan fingerprint density at radius 1 is 1.07 bits per heavy atom. The third-order valence-corrected chi connectivity index (χ3v) is 4.93. The highest BCUT2D eigenvalue weighted by atomic mass is 16.5. The summed E-state index contributed by atoms with van der Waals surface area (Å²) in [5, 5.41) is 0. The largest absolute Gasteiger partial charge is 0.451 e. The Morgan fingerprint density at radius 3 is 2.48 bits per heavy atom. The molecule has 0 N–H and O–H groups in total. The first-order chi connectivity index (χ1) is 12.9. The van der Waals surface area contributed by atoms with Crippen LogP contribution in [0.2, 0.25) is 0 Å². The molecule has 0 radical (unpaired) electrons. The lowest BCUT2D eigenvalue weighted by Crippen LogP contribution is -2.28. The van der Waals surface area contributed by atoms with Gasteiger partial charge < -0.3 is 9.64 Å². The molecule has 3 rings (SSSR count). The molecular weight excluding hydrogens is 342 g/mol. The Labute approximate surface area is 158 Å². The fraction of sp³-hybridized carbons (Fsp3) is 0.318. The van der Waals surface area contributed by atoms with Gasteiger partial charge in [-0.25, -0.2) is 4.79 Å². The lowest BCUT2D eigenvalue weighted by Gasteiger charge is -2.20. The summed E-state index contributed by atoms with van der Waals surface area (Å²) in [6.07, 6.45) is 0.330. The van der Waals surface area contributed by atoms with Crippen molar-refractivity contribution in [2.24, 2.45) is 0 Å². The molecule has 0 bridgehead atoms. The van der Waals surface area contributed by atoms with Crippen LogP contribution in [-0.2, 0) is 9.53 Å². The van der Waals surface area contributed by atoms with Gasteiger partial charge in [-0.15, -0.1) is 0 Å². The first-order valence-corrected chi connectivity index (χ1v) is 9.10. The maximum absolute atomic E-state index is 12.7. The van der Waals surface area contributed by atoms with Crippen LogP contribution in [0.1, 0.15) is 51.6 Å². The zero-order chi connectivity index (χ0) is 19.6. The van der Waals surface area contributed by atoms with Crippen LogP contribution in [0, 0.1) is 13.8 Å². The van der Waals surface area contributed by atoms with E-state index in [-0.39, 0.29) is 11.7 Å². The van der Waals surface area contributed by atoms with Gasteiger partial charge in [0.15, 0.2) is 6.10 Å². The van der Waals surface area contributed by atoms with E-state index in [0.29, 0.717) is 29.8 Å². The Balaban J connectivity index is 1.78. The average molecular weight is 365 g/mol. The number of para-hydroxylation sites is 1. The van der Waals surface area contributed by atoms with Gasteiger partial charge in [-0.05, 0) is 56.5 Å². The number of ether oxygens (including phenoxy) is 1. The molecule has 1 saturated heterocycles. The first kappa shape index (κ1) is 18.8. The number of aryl methyl sites for hydroxylation is 2. The van der Waals surface area contributed by atoms with E-state index in [4.69, 9.17) is 4.74 Å². The molecule has 1 heterocycles. The van der Waals surface area contributed by atoms with E-state index in [9.17, 15) is 14.4 Å². The van der Waals surface area contributed by atoms with Crippen LogP contribution in [0.15, 0.2) is 42.5 Å². The summed E-state index contributed by atoms with van der Waals surface area (Å²) in [5.74, 6) is -0.856. The molecule has 2 aromatic rings. The zero-order valence-corrected chi connectivity index (χ0v) is 15.8. The van der Waals surface area contributed by atoms with Crippen LogP contribution in [0.5, 0.6) is 0 Å². The number of nitrogens with zero attached hydrogens (tertiary/aromatic N) is 1. The Kier molecular flexibility index (Phi) is 5.40. The second-order valence-electron chi connectivity index (χ2n) is 6.88. The van der Waals surface area contributed by atoms with Crippen LogP contribution in [0.25, 0.3) is 0 Å². The number of rotatable bonds is 5. The Morgan fingerprint density at radius 2 is 1.81 bits per heavy atom. The molecule has 1 amide bonds. The first-order valence-electron chi connectivity index (χ1n) is 9.10. The number of esters is 1. The van der Waals surface area contributed by atoms with Crippen molar-refractivity contribution in [2.75, 3.05) is 11.4 Å². The lowest BCUT2D eigenvalue weighted by molar-refractivity contribution is -0.117. The molecule has 0 spiro atoms. The summed E-state index contributed by atoms with van der Waals surface area (Å²) in [5.41, 5.74) is 3.46. The van der Waals surface area contributed by atoms with E-state index in [1.54, 1.807) is 48.2 Å². The molecule has 140 valence electrons. The van der Waals surface area contributed by atoms with Crippen molar-refractivity contribution in [3.63, 3.8) is 0 Å². The highest BCUT2D eigenvalue weighted by Crippen LogP contribution is 2.26. The molecular formula is C22H23NO4. The summed E-state index contributed by atoms with van der Waals surface area (Å²) in [6, 6.07) is 12.3. The quantitative estimate of drug-likeness (QED) is 0.596. The molecule has 5 heteroatoms. The monoisotopic (exact) mass is 365 g/mol. The Hall–Kier alpha value is -2.95. The molecule has 0 aliphatic carbocycles. The van der Waals surface area contributed by atoms with Crippen molar-refractivity contribution >= 4 is 23.3 Å². The average Bonchev–Trinajstić information content (AvgIpc) is 3.09. The summed E-state index contributed by atoms with van der Waals surface area (Å²) in [6.45, 7) is 6.06. The summed E-state index contributed by atoms with van der Waals surface area (Å²) >= 11 is 0. The molecule has 0 saturated carbocycles. The van der Waals surface area contributed by atoms with Gasteiger partial charge in [0.05, 0.1) is 11.3 Å². The van der Waals surface area contributed by atoms with Gasteiger partial charge in [0.1, 0.15) is 0 Å². The van der Waals surface area contributed by atoms with Crippen LogP contribution in [0.4, 0.5) is 5.69 Å². The lowest BCUT2D eigenvalue weighted by atomic mass is 10.0. The van der Waals surface area contributed by atoms with Crippen LogP contribution in [-0.4, -0.2) is 30.3 Å². The van der Waals surface area contributed by atoms with Gasteiger partial charge in [-0.2, -0.15) is 0 Å². The predicted octanol–water partition coefficient (Wildman–Crippen LogP) is 3.86. The maximum Gasteiger partial charge on any atom is 0.340 e. The van der Waals surface area contributed by atoms with Gasteiger partial charge >= 0.3 is 5.97 Å². The molecule has 2 aromatic carbocycles. The number of amides is 1. The van der Waals surface area contributed by atoms with Crippen LogP contribution in [0.3, 0.4) is 0 Å². The second-order valence-corrected chi connectivity index (χ2v) is 6.88. The number of benzene rings is 2. The molecule has 1 fully saturated rings. The third kappa shape index (κ3) is 3.92. The number of ketones is 1. The van der Waals surface area contributed by atoms with Crippen LogP contribution < -0.4 is 4.90 Å². The number of carbonyl (C=O) groups excluding carboxylic acids is 3. The van der Waals surface area contributed by atoms with Crippen molar-refractivity contribution < 1.29 is 19.1 Å². The van der Waals surface area contributed by atoms with Gasteiger partial charge in [0.25, 0.3) is 0 Å². The number of carbonyl (C=O) groups is 3. The predicted molar refractivity (Wildman–Crippen MR) is 103 cm³/mol. The van der Waals surface area contributed by atoms with Gasteiger partial charge in [0.2, 0.25) is 11.7 Å².